The number of benzene rings is 1. The number of aromatic hydroxyl groups is 1. The van der Waals surface area contributed by atoms with Crippen molar-refractivity contribution in [2.24, 2.45) is 0 Å². The number of ether oxygens (including phenoxy) is 1. The molecule has 1 aromatic rings. The molecule has 0 aromatic heterocycles. The first-order chi connectivity index (χ1) is 6.49. The summed E-state index contributed by atoms with van der Waals surface area (Å²) >= 11 is 0. The third kappa shape index (κ3) is 1.44. The maximum atomic E-state index is 9.77. The Morgan fingerprint density at radius 2 is 2.14 bits per heavy atom. The first kappa shape index (κ1) is 9.34. The van der Waals surface area contributed by atoms with E-state index in [1.807, 2.05) is 13.8 Å². The first-order valence-electron chi connectivity index (χ1n) is 4.68. The zero-order valence-electron chi connectivity index (χ0n) is 8.32. The molecule has 1 aliphatic heterocycles. The maximum Gasteiger partial charge on any atom is 0.129 e. The van der Waals surface area contributed by atoms with Gasteiger partial charge in [-0.25, -0.2) is 0 Å². The average molecular weight is 194 g/mol. The van der Waals surface area contributed by atoms with Crippen molar-refractivity contribution in [1.82, 2.24) is 0 Å². The van der Waals surface area contributed by atoms with Gasteiger partial charge in [-0.1, -0.05) is 0 Å². The van der Waals surface area contributed by atoms with E-state index in [0.29, 0.717) is 6.42 Å². The molecule has 1 aromatic carbocycles. The second-order valence-electron chi connectivity index (χ2n) is 4.22. The van der Waals surface area contributed by atoms with E-state index in [9.17, 15) is 10.2 Å². The fourth-order valence-corrected chi connectivity index (χ4v) is 1.63. The van der Waals surface area contributed by atoms with Crippen LogP contribution in [0.15, 0.2) is 18.2 Å². The molecule has 1 aliphatic rings. The van der Waals surface area contributed by atoms with Gasteiger partial charge in [-0.15, -0.1) is 0 Å². The Morgan fingerprint density at radius 1 is 1.43 bits per heavy atom. The van der Waals surface area contributed by atoms with E-state index in [-0.39, 0.29) is 5.75 Å². The summed E-state index contributed by atoms with van der Waals surface area (Å²) in [5.74, 6) is 0.956. The summed E-state index contributed by atoms with van der Waals surface area (Å²) < 4.78 is 5.63. The van der Waals surface area contributed by atoms with E-state index in [2.05, 4.69) is 0 Å². The van der Waals surface area contributed by atoms with Crippen LogP contribution in [0.2, 0.25) is 0 Å². The number of aliphatic hydroxyl groups excluding tert-OH is 1. The molecule has 0 radical (unpaired) electrons. The Balaban J connectivity index is 2.41. The van der Waals surface area contributed by atoms with Crippen LogP contribution in [0.5, 0.6) is 11.5 Å². The molecule has 0 saturated heterocycles. The second kappa shape index (κ2) is 2.89. The molecule has 1 heterocycles. The van der Waals surface area contributed by atoms with Crippen LogP contribution in [0, 0.1) is 0 Å². The SMILES string of the molecule is CC1(C)Oc2ccc(O)cc2C[C@@H]1O. The zero-order chi connectivity index (χ0) is 10.3. The van der Waals surface area contributed by atoms with Crippen LogP contribution in [0.1, 0.15) is 19.4 Å². The molecule has 0 amide bonds. The van der Waals surface area contributed by atoms with Crippen LogP contribution in [-0.4, -0.2) is 21.9 Å². The van der Waals surface area contributed by atoms with Crippen molar-refractivity contribution in [3.63, 3.8) is 0 Å². The molecule has 0 aliphatic carbocycles. The van der Waals surface area contributed by atoms with Crippen molar-refractivity contribution in [3.8, 4) is 11.5 Å². The lowest BCUT2D eigenvalue weighted by Gasteiger charge is -2.36. The highest BCUT2D eigenvalue weighted by molar-refractivity contribution is 5.42. The van der Waals surface area contributed by atoms with E-state index in [4.69, 9.17) is 4.74 Å². The molecule has 0 unspecified atom stereocenters. The number of hydrogen-bond donors (Lipinski definition) is 2. The number of phenolic OH excluding ortho intramolecular Hbond substituents is 1. The molecule has 76 valence electrons. The van der Waals surface area contributed by atoms with Gasteiger partial charge in [0.15, 0.2) is 0 Å². The minimum atomic E-state index is -0.552. The van der Waals surface area contributed by atoms with Crippen LogP contribution < -0.4 is 4.74 Å². The van der Waals surface area contributed by atoms with Gasteiger partial charge < -0.3 is 14.9 Å². The highest BCUT2D eigenvalue weighted by atomic mass is 16.5. The summed E-state index contributed by atoms with van der Waals surface area (Å²) in [6.07, 6.45) is -0.00620. The minimum Gasteiger partial charge on any atom is -0.508 e. The molecule has 0 saturated carbocycles. The van der Waals surface area contributed by atoms with Crippen LogP contribution in [0.4, 0.5) is 0 Å². The topological polar surface area (TPSA) is 49.7 Å². The normalized spacial score (nSPS) is 23.8. The van der Waals surface area contributed by atoms with Gasteiger partial charge in [-0.2, -0.15) is 0 Å². The van der Waals surface area contributed by atoms with Crippen molar-refractivity contribution in [2.75, 3.05) is 0 Å². The fourth-order valence-electron chi connectivity index (χ4n) is 1.63. The lowest BCUT2D eigenvalue weighted by atomic mass is 9.91. The summed E-state index contributed by atoms with van der Waals surface area (Å²) in [5, 5.41) is 19.0. The Morgan fingerprint density at radius 3 is 2.86 bits per heavy atom. The molecule has 1 atom stereocenters. The average Bonchev–Trinajstić information content (AvgIpc) is 2.08. The van der Waals surface area contributed by atoms with E-state index >= 15 is 0 Å². The summed E-state index contributed by atoms with van der Waals surface area (Å²) in [6, 6.07) is 4.96. The molecule has 2 N–H and O–H groups in total. The molecule has 0 bridgehead atoms. The number of aliphatic hydroxyl groups is 1. The largest absolute Gasteiger partial charge is 0.508 e. The van der Waals surface area contributed by atoms with Gasteiger partial charge >= 0.3 is 0 Å². The predicted octanol–water partition coefficient (Wildman–Crippen LogP) is 1.47. The van der Waals surface area contributed by atoms with Crippen molar-refractivity contribution in [1.29, 1.82) is 0 Å². The Hall–Kier alpha value is -1.22. The monoisotopic (exact) mass is 194 g/mol. The van der Waals surface area contributed by atoms with E-state index in [1.165, 1.54) is 0 Å². The zero-order valence-corrected chi connectivity index (χ0v) is 8.32. The first-order valence-corrected chi connectivity index (χ1v) is 4.68. The summed E-state index contributed by atoms with van der Waals surface area (Å²) in [6.45, 7) is 3.71. The lowest BCUT2D eigenvalue weighted by molar-refractivity contribution is -0.0412. The lowest BCUT2D eigenvalue weighted by Crippen LogP contribution is -2.46. The van der Waals surface area contributed by atoms with Gasteiger partial charge in [0.25, 0.3) is 0 Å². The quantitative estimate of drug-likeness (QED) is 0.657. The van der Waals surface area contributed by atoms with Gasteiger partial charge in [0, 0.05) is 12.0 Å². The molecule has 3 heteroatoms. The van der Waals surface area contributed by atoms with Gasteiger partial charge in [-0.05, 0) is 32.0 Å². The second-order valence-corrected chi connectivity index (χ2v) is 4.22. The summed E-state index contributed by atoms with van der Waals surface area (Å²) in [7, 11) is 0. The minimum absolute atomic E-state index is 0.208. The molecule has 0 fully saturated rings. The van der Waals surface area contributed by atoms with Gasteiger partial charge in [0.2, 0.25) is 0 Å². The highest BCUT2D eigenvalue weighted by Gasteiger charge is 2.35. The molecule has 3 nitrogen and oxygen atoms in total. The van der Waals surface area contributed by atoms with Crippen LogP contribution >= 0.6 is 0 Å². The van der Waals surface area contributed by atoms with Crippen molar-refractivity contribution in [2.45, 2.75) is 32.0 Å². The van der Waals surface area contributed by atoms with E-state index < -0.39 is 11.7 Å². The van der Waals surface area contributed by atoms with Crippen molar-refractivity contribution >= 4 is 0 Å². The summed E-state index contributed by atoms with van der Waals surface area (Å²) in [5.41, 5.74) is 0.307. The van der Waals surface area contributed by atoms with E-state index in [1.54, 1.807) is 18.2 Å². The number of fused-ring (bicyclic) bond motifs is 1. The van der Waals surface area contributed by atoms with Gasteiger partial charge in [-0.3, -0.25) is 0 Å². The van der Waals surface area contributed by atoms with Crippen molar-refractivity contribution in [3.05, 3.63) is 23.8 Å². The Labute approximate surface area is 83.0 Å². The molecule has 2 rings (SSSR count). The van der Waals surface area contributed by atoms with Crippen molar-refractivity contribution < 1.29 is 14.9 Å². The molecule has 0 spiro atoms. The fraction of sp³-hybridized carbons (Fsp3) is 0.455. The number of hydrogen-bond acceptors (Lipinski definition) is 3. The van der Waals surface area contributed by atoms with Crippen LogP contribution in [0.25, 0.3) is 0 Å². The third-order valence-corrected chi connectivity index (χ3v) is 2.63. The highest BCUT2D eigenvalue weighted by Crippen LogP contribution is 2.34. The van der Waals surface area contributed by atoms with Gasteiger partial charge in [0.05, 0.1) is 6.10 Å². The summed E-state index contributed by atoms with van der Waals surface area (Å²) in [4.78, 5) is 0. The Bertz CT molecular complexity index is 358. The van der Waals surface area contributed by atoms with Crippen LogP contribution in [-0.2, 0) is 6.42 Å². The number of phenols is 1. The van der Waals surface area contributed by atoms with Gasteiger partial charge in [0.1, 0.15) is 17.1 Å². The van der Waals surface area contributed by atoms with E-state index in [0.717, 1.165) is 11.3 Å². The molecular formula is C11H14O3. The maximum absolute atomic E-state index is 9.77. The Kier molecular flexibility index (Phi) is 1.93. The molecular weight excluding hydrogens is 180 g/mol. The number of rotatable bonds is 0. The standard InChI is InChI=1S/C11H14O3/c1-11(2)10(13)6-7-5-8(12)3-4-9(7)14-11/h3-5,10,12-13H,6H2,1-2H3/t10-/m0/s1. The predicted molar refractivity (Wildman–Crippen MR) is 52.5 cm³/mol. The smallest absolute Gasteiger partial charge is 0.129 e. The molecule has 14 heavy (non-hydrogen) atoms. The third-order valence-electron chi connectivity index (χ3n) is 2.63. The van der Waals surface area contributed by atoms with Crippen LogP contribution in [0.3, 0.4) is 0 Å².